The molecule has 0 spiro atoms. The van der Waals surface area contributed by atoms with E-state index in [1.807, 2.05) is 30.3 Å². The Bertz CT molecular complexity index is 963. The monoisotopic (exact) mass is 358 g/mol. The molecule has 0 unspecified atom stereocenters. The molecule has 4 rings (SSSR count). The molecule has 1 fully saturated rings. The fraction of sp³-hybridized carbons (Fsp3) is 0.263. The number of para-hydroxylation sites is 1. The van der Waals surface area contributed by atoms with Crippen molar-refractivity contribution in [2.24, 2.45) is 0 Å². The van der Waals surface area contributed by atoms with Crippen molar-refractivity contribution in [3.63, 3.8) is 0 Å². The Labute approximate surface area is 146 Å². The summed E-state index contributed by atoms with van der Waals surface area (Å²) < 4.78 is 40.9. The molecule has 2 heterocycles. The third-order valence-corrected chi connectivity index (χ3v) is 6.71. The van der Waals surface area contributed by atoms with E-state index in [9.17, 15) is 12.8 Å². The molecule has 0 bridgehead atoms. The van der Waals surface area contributed by atoms with Crippen molar-refractivity contribution in [1.82, 2.24) is 9.29 Å². The molecule has 130 valence electrons. The van der Waals surface area contributed by atoms with Crippen LogP contribution in [0.1, 0.15) is 31.0 Å². The van der Waals surface area contributed by atoms with Crippen LogP contribution in [0.5, 0.6) is 0 Å². The number of halogens is 1. The van der Waals surface area contributed by atoms with Crippen molar-refractivity contribution in [3.8, 4) is 0 Å². The van der Waals surface area contributed by atoms with Gasteiger partial charge in [-0.3, -0.25) is 0 Å². The highest BCUT2D eigenvalue weighted by atomic mass is 32.2. The van der Waals surface area contributed by atoms with Gasteiger partial charge >= 0.3 is 0 Å². The van der Waals surface area contributed by atoms with Gasteiger partial charge in [-0.1, -0.05) is 24.6 Å². The number of nitrogens with zero attached hydrogens (tertiary/aromatic N) is 1. The fourth-order valence-corrected chi connectivity index (χ4v) is 5.20. The van der Waals surface area contributed by atoms with E-state index in [0.717, 1.165) is 35.9 Å². The number of nitrogens with one attached hydrogen (secondary N) is 1. The lowest BCUT2D eigenvalue weighted by molar-refractivity contribution is 0.252. The van der Waals surface area contributed by atoms with E-state index in [-0.39, 0.29) is 10.9 Å². The first-order valence-corrected chi connectivity index (χ1v) is 9.85. The van der Waals surface area contributed by atoms with Gasteiger partial charge in [-0.25, -0.2) is 12.8 Å². The summed E-state index contributed by atoms with van der Waals surface area (Å²) in [4.78, 5) is 3.50. The second kappa shape index (κ2) is 6.28. The van der Waals surface area contributed by atoms with Gasteiger partial charge in [0.2, 0.25) is 10.0 Å². The molecule has 0 aliphatic carbocycles. The number of piperidine rings is 1. The van der Waals surface area contributed by atoms with Crippen molar-refractivity contribution in [3.05, 3.63) is 66.1 Å². The van der Waals surface area contributed by atoms with Gasteiger partial charge in [0.05, 0.1) is 10.9 Å². The Morgan fingerprint density at radius 2 is 1.80 bits per heavy atom. The lowest BCUT2D eigenvalue weighted by atomic mass is 10.0. The smallest absolute Gasteiger partial charge is 0.243 e. The van der Waals surface area contributed by atoms with E-state index in [1.54, 1.807) is 4.31 Å². The maximum atomic E-state index is 13.2. The molecule has 0 radical (unpaired) electrons. The molecule has 2 aromatic carbocycles. The Balaban J connectivity index is 1.74. The number of aromatic nitrogens is 1. The van der Waals surface area contributed by atoms with Gasteiger partial charge in [0, 0.05) is 17.8 Å². The average molecular weight is 358 g/mol. The van der Waals surface area contributed by atoms with Crippen LogP contribution in [0.4, 0.5) is 4.39 Å². The minimum Gasteiger partial charge on any atom is -0.357 e. The van der Waals surface area contributed by atoms with Crippen molar-refractivity contribution in [1.29, 1.82) is 0 Å². The summed E-state index contributed by atoms with van der Waals surface area (Å²) in [6, 6.07) is 14.8. The maximum absolute atomic E-state index is 13.2. The summed E-state index contributed by atoms with van der Waals surface area (Å²) in [7, 11) is -3.67. The number of benzene rings is 2. The van der Waals surface area contributed by atoms with Crippen molar-refractivity contribution in [2.75, 3.05) is 6.54 Å². The highest BCUT2D eigenvalue weighted by Gasteiger charge is 2.35. The highest BCUT2D eigenvalue weighted by molar-refractivity contribution is 7.89. The normalized spacial score (nSPS) is 19.3. The minimum absolute atomic E-state index is 0.136. The molecule has 3 aromatic rings. The van der Waals surface area contributed by atoms with Crippen LogP contribution in [-0.2, 0) is 10.0 Å². The number of H-pyrrole nitrogens is 1. The van der Waals surface area contributed by atoms with Crippen LogP contribution in [0.2, 0.25) is 0 Å². The molecule has 1 aliphatic heterocycles. The van der Waals surface area contributed by atoms with Crippen LogP contribution in [0, 0.1) is 5.82 Å². The van der Waals surface area contributed by atoms with Gasteiger partial charge in [-0.2, -0.15) is 4.31 Å². The zero-order chi connectivity index (χ0) is 17.4. The first-order chi connectivity index (χ1) is 12.1. The van der Waals surface area contributed by atoms with Crippen LogP contribution in [0.15, 0.2) is 59.5 Å². The Hall–Kier alpha value is -2.18. The largest absolute Gasteiger partial charge is 0.357 e. The number of aromatic amines is 1. The molecule has 25 heavy (non-hydrogen) atoms. The molecule has 1 saturated heterocycles. The second-order valence-corrected chi connectivity index (χ2v) is 8.28. The predicted molar refractivity (Wildman–Crippen MR) is 95.2 cm³/mol. The number of sulfonamides is 1. The number of hydrogen-bond acceptors (Lipinski definition) is 2. The fourth-order valence-electron chi connectivity index (χ4n) is 3.52. The quantitative estimate of drug-likeness (QED) is 0.762. The molecule has 6 heteroatoms. The van der Waals surface area contributed by atoms with Gasteiger partial charge in [0.15, 0.2) is 0 Å². The van der Waals surface area contributed by atoms with Crippen molar-refractivity contribution >= 4 is 20.9 Å². The molecule has 1 aliphatic rings. The Morgan fingerprint density at radius 1 is 1.04 bits per heavy atom. The lowest BCUT2D eigenvalue weighted by Crippen LogP contribution is -2.38. The van der Waals surface area contributed by atoms with E-state index in [0.29, 0.717) is 6.54 Å². The molecule has 0 saturated carbocycles. The van der Waals surface area contributed by atoms with Gasteiger partial charge in [0.1, 0.15) is 5.82 Å². The van der Waals surface area contributed by atoms with Gasteiger partial charge in [0.25, 0.3) is 0 Å². The minimum atomic E-state index is -3.67. The van der Waals surface area contributed by atoms with Crippen LogP contribution < -0.4 is 0 Å². The van der Waals surface area contributed by atoms with Crippen molar-refractivity contribution < 1.29 is 12.8 Å². The third-order valence-electron chi connectivity index (χ3n) is 4.78. The topological polar surface area (TPSA) is 53.2 Å². The van der Waals surface area contributed by atoms with E-state index in [2.05, 4.69) is 4.98 Å². The summed E-state index contributed by atoms with van der Waals surface area (Å²) in [5, 5.41) is 1.07. The molecule has 1 N–H and O–H groups in total. The van der Waals surface area contributed by atoms with Crippen LogP contribution in [0.25, 0.3) is 10.9 Å². The Morgan fingerprint density at radius 3 is 2.56 bits per heavy atom. The molecular weight excluding hydrogens is 339 g/mol. The summed E-state index contributed by atoms with van der Waals surface area (Å²) in [6.45, 7) is 0.472. The maximum Gasteiger partial charge on any atom is 0.243 e. The summed E-state index contributed by atoms with van der Waals surface area (Å²) in [5.74, 6) is -0.440. The van der Waals surface area contributed by atoms with Gasteiger partial charge in [-0.15, -0.1) is 0 Å². The van der Waals surface area contributed by atoms with E-state index < -0.39 is 15.8 Å². The average Bonchev–Trinajstić information content (AvgIpc) is 3.06. The van der Waals surface area contributed by atoms with E-state index in [4.69, 9.17) is 0 Å². The number of rotatable bonds is 3. The molecule has 1 atom stereocenters. The summed E-state index contributed by atoms with van der Waals surface area (Å²) in [5.41, 5.74) is 1.91. The number of hydrogen-bond donors (Lipinski definition) is 1. The first kappa shape index (κ1) is 16.3. The molecule has 1 aromatic heterocycles. The van der Waals surface area contributed by atoms with Gasteiger partial charge < -0.3 is 4.98 Å². The molecule has 4 nitrogen and oxygen atoms in total. The van der Waals surface area contributed by atoms with Crippen LogP contribution in [-0.4, -0.2) is 24.3 Å². The van der Waals surface area contributed by atoms with Crippen LogP contribution >= 0.6 is 0 Å². The third kappa shape index (κ3) is 2.96. The predicted octanol–water partition coefficient (Wildman–Crippen LogP) is 4.22. The van der Waals surface area contributed by atoms with Crippen molar-refractivity contribution in [2.45, 2.75) is 30.2 Å². The summed E-state index contributed by atoms with van der Waals surface area (Å²) in [6.07, 6.45) is 2.58. The Kier molecular flexibility index (Phi) is 4.09. The zero-order valence-corrected chi connectivity index (χ0v) is 14.5. The van der Waals surface area contributed by atoms with Crippen LogP contribution in [0.3, 0.4) is 0 Å². The SMILES string of the molecule is O=S(=O)(c1ccc(F)cc1)N1CCCC[C@@H]1c1cc2ccccc2[nH]1. The standard InChI is InChI=1S/C19H19FN2O2S/c20-15-8-10-16(11-9-15)25(23,24)22-12-4-3-7-19(22)18-13-14-5-1-2-6-17(14)21-18/h1-2,5-6,8-11,13,19,21H,3-4,7,12H2/t19-/m1/s1. The zero-order valence-electron chi connectivity index (χ0n) is 13.7. The number of fused-ring (bicyclic) bond motifs is 1. The second-order valence-electron chi connectivity index (χ2n) is 6.39. The highest BCUT2D eigenvalue weighted by Crippen LogP contribution is 2.36. The lowest BCUT2D eigenvalue weighted by Gasteiger charge is -2.34. The molecular formula is C19H19FN2O2S. The first-order valence-electron chi connectivity index (χ1n) is 8.41. The van der Waals surface area contributed by atoms with E-state index >= 15 is 0 Å². The van der Waals surface area contributed by atoms with Gasteiger partial charge in [-0.05, 0) is 54.6 Å². The summed E-state index contributed by atoms with van der Waals surface area (Å²) >= 11 is 0. The molecule has 0 amide bonds. The van der Waals surface area contributed by atoms with E-state index in [1.165, 1.54) is 24.3 Å².